The van der Waals surface area contributed by atoms with Crippen molar-refractivity contribution in [1.82, 2.24) is 5.32 Å². The van der Waals surface area contributed by atoms with Gasteiger partial charge in [-0.1, -0.05) is 22.0 Å². The molecule has 6 heteroatoms. The molecule has 21 heavy (non-hydrogen) atoms. The van der Waals surface area contributed by atoms with E-state index in [4.69, 9.17) is 4.74 Å². The van der Waals surface area contributed by atoms with Gasteiger partial charge in [-0.15, -0.1) is 0 Å². The predicted molar refractivity (Wildman–Crippen MR) is 77.9 cm³/mol. The highest BCUT2D eigenvalue weighted by atomic mass is 79.9. The van der Waals surface area contributed by atoms with E-state index in [0.29, 0.717) is 23.4 Å². The van der Waals surface area contributed by atoms with Gasteiger partial charge in [-0.25, -0.2) is 13.2 Å². The van der Waals surface area contributed by atoms with Gasteiger partial charge in [-0.3, -0.25) is 0 Å². The van der Waals surface area contributed by atoms with Crippen molar-refractivity contribution in [3.63, 3.8) is 0 Å². The highest BCUT2D eigenvalue weighted by Gasteiger charge is 2.24. The number of hydrogen-bond donors (Lipinski definition) is 1. The minimum Gasteiger partial charge on any atom is -0.496 e. The molecule has 0 heterocycles. The van der Waals surface area contributed by atoms with Gasteiger partial charge < -0.3 is 10.1 Å². The lowest BCUT2D eigenvalue weighted by Gasteiger charge is -2.21. The van der Waals surface area contributed by atoms with E-state index in [1.54, 1.807) is 25.2 Å². The van der Waals surface area contributed by atoms with Crippen LogP contribution in [0.1, 0.15) is 17.2 Å². The molecule has 0 bridgehead atoms. The maximum absolute atomic E-state index is 14.0. The molecule has 0 aliphatic carbocycles. The standard InChI is InChI=1S/C15H13BrF3NO/c1-20-15(10-4-3-8(16)5-13(10)21-2)14-11(18)6-9(17)7-12(14)19/h3-7,15,20H,1-2H3. The Kier molecular flexibility index (Phi) is 4.90. The summed E-state index contributed by atoms with van der Waals surface area (Å²) in [7, 11) is 3.03. The van der Waals surface area contributed by atoms with Crippen LogP contribution < -0.4 is 10.1 Å². The molecule has 2 nitrogen and oxygen atoms in total. The number of nitrogens with one attached hydrogen (secondary N) is 1. The summed E-state index contributed by atoms with van der Waals surface area (Å²) in [5, 5.41) is 2.83. The van der Waals surface area contributed by atoms with Gasteiger partial charge >= 0.3 is 0 Å². The zero-order valence-corrected chi connectivity index (χ0v) is 13.0. The van der Waals surface area contributed by atoms with Crippen molar-refractivity contribution >= 4 is 15.9 Å². The lowest BCUT2D eigenvalue weighted by Crippen LogP contribution is -2.21. The average molecular weight is 360 g/mol. The molecule has 1 N–H and O–H groups in total. The summed E-state index contributed by atoms with van der Waals surface area (Å²) in [5.41, 5.74) is 0.298. The van der Waals surface area contributed by atoms with Crippen LogP contribution in [0.2, 0.25) is 0 Å². The molecule has 2 aromatic carbocycles. The molecular weight excluding hydrogens is 347 g/mol. The summed E-state index contributed by atoms with van der Waals surface area (Å²) >= 11 is 3.30. The first kappa shape index (κ1) is 15.9. The number of rotatable bonds is 4. The zero-order valence-electron chi connectivity index (χ0n) is 11.4. The van der Waals surface area contributed by atoms with Crippen LogP contribution in [0, 0.1) is 17.5 Å². The Hall–Kier alpha value is -1.53. The number of ether oxygens (including phenoxy) is 1. The Labute approximate surface area is 129 Å². The van der Waals surface area contributed by atoms with Gasteiger partial charge in [-0.05, 0) is 19.2 Å². The highest BCUT2D eigenvalue weighted by molar-refractivity contribution is 9.10. The first-order valence-electron chi connectivity index (χ1n) is 6.13. The minimum atomic E-state index is -0.952. The van der Waals surface area contributed by atoms with Gasteiger partial charge in [0.2, 0.25) is 0 Å². The first-order valence-corrected chi connectivity index (χ1v) is 6.92. The van der Waals surface area contributed by atoms with E-state index in [1.807, 2.05) is 0 Å². The normalized spacial score (nSPS) is 12.3. The fourth-order valence-corrected chi connectivity index (χ4v) is 2.55. The molecule has 0 amide bonds. The third-order valence-corrected chi connectivity index (χ3v) is 3.62. The monoisotopic (exact) mass is 359 g/mol. The summed E-state index contributed by atoms with van der Waals surface area (Å²) in [6, 6.07) is 5.64. The molecule has 0 saturated carbocycles. The topological polar surface area (TPSA) is 21.3 Å². The second-order valence-corrected chi connectivity index (χ2v) is 5.31. The van der Waals surface area contributed by atoms with E-state index in [0.717, 1.165) is 4.47 Å². The summed E-state index contributed by atoms with van der Waals surface area (Å²) in [6.07, 6.45) is 0. The first-order chi connectivity index (χ1) is 9.97. The van der Waals surface area contributed by atoms with E-state index >= 15 is 0 Å². The molecule has 1 unspecified atom stereocenters. The molecule has 0 aliphatic heterocycles. The fourth-order valence-electron chi connectivity index (χ4n) is 2.21. The molecule has 0 saturated heterocycles. The molecule has 0 aliphatic rings. The Morgan fingerprint density at radius 2 is 1.71 bits per heavy atom. The van der Waals surface area contributed by atoms with Gasteiger partial charge in [0.1, 0.15) is 23.2 Å². The van der Waals surface area contributed by atoms with Crippen molar-refractivity contribution < 1.29 is 17.9 Å². The maximum atomic E-state index is 14.0. The van der Waals surface area contributed by atoms with Crippen molar-refractivity contribution in [3.05, 3.63) is 63.4 Å². The molecule has 1 atom stereocenters. The van der Waals surface area contributed by atoms with Gasteiger partial charge in [0.15, 0.2) is 0 Å². The summed E-state index contributed by atoms with van der Waals surface area (Å²) in [5.74, 6) is -2.38. The number of halogens is 4. The maximum Gasteiger partial charge on any atom is 0.134 e. The van der Waals surface area contributed by atoms with Crippen LogP contribution in [0.5, 0.6) is 5.75 Å². The molecule has 0 spiro atoms. The zero-order chi connectivity index (χ0) is 15.6. The predicted octanol–water partition coefficient (Wildman–Crippen LogP) is 4.18. The Balaban J connectivity index is 2.60. The average Bonchev–Trinajstić information content (AvgIpc) is 2.43. The van der Waals surface area contributed by atoms with Crippen LogP contribution in [0.4, 0.5) is 13.2 Å². The van der Waals surface area contributed by atoms with E-state index in [-0.39, 0.29) is 5.56 Å². The fraction of sp³-hybridized carbons (Fsp3) is 0.200. The molecule has 2 rings (SSSR count). The van der Waals surface area contributed by atoms with Crippen molar-refractivity contribution in [2.24, 2.45) is 0 Å². The van der Waals surface area contributed by atoms with Crippen LogP contribution >= 0.6 is 15.9 Å². The van der Waals surface area contributed by atoms with Crippen molar-refractivity contribution in [3.8, 4) is 5.75 Å². The third kappa shape index (κ3) is 3.22. The van der Waals surface area contributed by atoms with Gasteiger partial charge in [0.05, 0.1) is 13.2 Å². The Bertz CT molecular complexity index is 640. The Morgan fingerprint density at radius 1 is 1.10 bits per heavy atom. The lowest BCUT2D eigenvalue weighted by atomic mass is 9.97. The largest absolute Gasteiger partial charge is 0.496 e. The summed E-state index contributed by atoms with van der Waals surface area (Å²) < 4.78 is 47.0. The molecule has 2 aromatic rings. The quantitative estimate of drug-likeness (QED) is 0.883. The summed E-state index contributed by atoms with van der Waals surface area (Å²) in [6.45, 7) is 0. The molecular formula is C15H13BrF3NO. The number of benzene rings is 2. The van der Waals surface area contributed by atoms with Crippen LogP contribution in [-0.2, 0) is 0 Å². The van der Waals surface area contributed by atoms with Crippen LogP contribution in [0.25, 0.3) is 0 Å². The summed E-state index contributed by atoms with van der Waals surface area (Å²) in [4.78, 5) is 0. The van der Waals surface area contributed by atoms with Gasteiger partial charge in [0.25, 0.3) is 0 Å². The van der Waals surface area contributed by atoms with E-state index in [2.05, 4.69) is 21.2 Å². The molecule has 0 fully saturated rings. The smallest absolute Gasteiger partial charge is 0.134 e. The van der Waals surface area contributed by atoms with Crippen molar-refractivity contribution in [2.45, 2.75) is 6.04 Å². The van der Waals surface area contributed by atoms with Gasteiger partial charge in [0, 0.05) is 27.7 Å². The molecule has 112 valence electrons. The van der Waals surface area contributed by atoms with Crippen LogP contribution in [0.15, 0.2) is 34.8 Å². The molecule has 0 aromatic heterocycles. The van der Waals surface area contributed by atoms with Crippen molar-refractivity contribution in [1.29, 1.82) is 0 Å². The SMILES string of the molecule is CNC(c1ccc(Br)cc1OC)c1c(F)cc(F)cc1F. The van der Waals surface area contributed by atoms with Crippen LogP contribution in [-0.4, -0.2) is 14.2 Å². The van der Waals surface area contributed by atoms with E-state index in [1.165, 1.54) is 7.11 Å². The number of hydrogen-bond acceptors (Lipinski definition) is 2. The molecule has 0 radical (unpaired) electrons. The second-order valence-electron chi connectivity index (χ2n) is 4.39. The third-order valence-electron chi connectivity index (χ3n) is 3.13. The lowest BCUT2D eigenvalue weighted by molar-refractivity contribution is 0.402. The van der Waals surface area contributed by atoms with E-state index in [9.17, 15) is 13.2 Å². The van der Waals surface area contributed by atoms with Gasteiger partial charge in [-0.2, -0.15) is 0 Å². The number of methoxy groups -OCH3 is 1. The Morgan fingerprint density at radius 3 is 2.24 bits per heavy atom. The minimum absolute atomic E-state index is 0.250. The highest BCUT2D eigenvalue weighted by Crippen LogP contribution is 2.34. The van der Waals surface area contributed by atoms with E-state index < -0.39 is 23.5 Å². The van der Waals surface area contributed by atoms with Crippen LogP contribution in [0.3, 0.4) is 0 Å². The second kappa shape index (κ2) is 6.49. The van der Waals surface area contributed by atoms with Crippen molar-refractivity contribution in [2.75, 3.05) is 14.2 Å².